The second-order valence-electron chi connectivity index (χ2n) is 2.97. The fourth-order valence-electron chi connectivity index (χ4n) is 1.20. The first-order valence-corrected chi connectivity index (χ1v) is 5.03. The zero-order valence-electron chi connectivity index (χ0n) is 9.43. The smallest absolute Gasteiger partial charge is 0.184 e. The molecule has 0 aliphatic heterocycles. The van der Waals surface area contributed by atoms with Gasteiger partial charge < -0.3 is 20.3 Å². The van der Waals surface area contributed by atoms with E-state index in [1.807, 2.05) is 0 Å². The molecule has 0 aliphatic carbocycles. The molecular weight excluding hydrogens is 242 g/mol. The lowest BCUT2D eigenvalue weighted by Crippen LogP contribution is -2.24. The van der Waals surface area contributed by atoms with Crippen molar-refractivity contribution in [2.75, 3.05) is 14.2 Å². The Morgan fingerprint density at radius 1 is 1.41 bits per heavy atom. The molecule has 92 valence electrons. The maximum Gasteiger partial charge on any atom is 0.184 e. The number of phenols is 1. The summed E-state index contributed by atoms with van der Waals surface area (Å²) in [5.41, 5.74) is 7.96. The highest BCUT2D eigenvalue weighted by Crippen LogP contribution is 2.34. The third-order valence-electron chi connectivity index (χ3n) is 1.95. The van der Waals surface area contributed by atoms with Crippen LogP contribution in [0.5, 0.6) is 17.2 Å². The summed E-state index contributed by atoms with van der Waals surface area (Å²) in [6.45, 7) is 0. The van der Waals surface area contributed by atoms with Crippen LogP contribution in [0.4, 0.5) is 0 Å². The van der Waals surface area contributed by atoms with E-state index >= 15 is 0 Å². The van der Waals surface area contributed by atoms with Crippen LogP contribution in [-0.4, -0.2) is 30.7 Å². The summed E-state index contributed by atoms with van der Waals surface area (Å²) in [5, 5.41) is 13.7. The summed E-state index contributed by atoms with van der Waals surface area (Å²) >= 11 is 4.59. The van der Waals surface area contributed by atoms with E-state index in [1.54, 1.807) is 12.1 Å². The number of benzene rings is 1. The van der Waals surface area contributed by atoms with Crippen molar-refractivity contribution in [1.82, 2.24) is 5.43 Å². The summed E-state index contributed by atoms with van der Waals surface area (Å²) in [5.74, 6) is 0.708. The maximum absolute atomic E-state index is 9.88. The number of methoxy groups -OCH3 is 2. The van der Waals surface area contributed by atoms with Gasteiger partial charge in [0.15, 0.2) is 16.6 Å². The van der Waals surface area contributed by atoms with Gasteiger partial charge in [-0.3, -0.25) is 5.43 Å². The SMILES string of the molecule is COc1ccc(OC)c(C=NNC(N)=S)c1O. The summed E-state index contributed by atoms with van der Waals surface area (Å²) in [4.78, 5) is 0. The topological polar surface area (TPSA) is 89.1 Å². The average molecular weight is 255 g/mol. The van der Waals surface area contributed by atoms with E-state index < -0.39 is 0 Å². The second-order valence-corrected chi connectivity index (χ2v) is 3.41. The fourth-order valence-corrected chi connectivity index (χ4v) is 1.25. The van der Waals surface area contributed by atoms with Crippen LogP contribution in [0.1, 0.15) is 5.56 Å². The molecule has 0 saturated heterocycles. The maximum atomic E-state index is 9.88. The zero-order chi connectivity index (χ0) is 12.8. The van der Waals surface area contributed by atoms with E-state index in [0.717, 1.165) is 0 Å². The summed E-state index contributed by atoms with van der Waals surface area (Å²) < 4.78 is 10.1. The van der Waals surface area contributed by atoms with Gasteiger partial charge in [0.2, 0.25) is 0 Å². The molecule has 0 atom stereocenters. The molecule has 0 unspecified atom stereocenters. The number of thiocarbonyl (C=S) groups is 1. The average Bonchev–Trinajstić information content (AvgIpc) is 2.30. The molecule has 0 radical (unpaired) electrons. The first-order chi connectivity index (χ1) is 8.10. The number of nitrogens with two attached hydrogens (primary N) is 1. The van der Waals surface area contributed by atoms with Crippen LogP contribution in [0.25, 0.3) is 0 Å². The quantitative estimate of drug-likeness (QED) is 0.414. The number of hydrogen-bond donors (Lipinski definition) is 3. The van der Waals surface area contributed by atoms with Crippen LogP contribution in [0.15, 0.2) is 17.2 Å². The molecule has 1 aromatic carbocycles. The van der Waals surface area contributed by atoms with Crippen LogP contribution < -0.4 is 20.6 Å². The van der Waals surface area contributed by atoms with Gasteiger partial charge in [0.1, 0.15) is 5.75 Å². The third-order valence-corrected chi connectivity index (χ3v) is 2.04. The zero-order valence-corrected chi connectivity index (χ0v) is 10.2. The van der Waals surface area contributed by atoms with Crippen LogP contribution in [0.3, 0.4) is 0 Å². The predicted octanol–water partition coefficient (Wildman–Crippen LogP) is 0.577. The highest BCUT2D eigenvalue weighted by molar-refractivity contribution is 7.80. The molecule has 0 aromatic heterocycles. The number of aromatic hydroxyl groups is 1. The molecule has 0 fully saturated rings. The molecule has 4 N–H and O–H groups in total. The number of hydrogen-bond acceptors (Lipinski definition) is 5. The summed E-state index contributed by atoms with van der Waals surface area (Å²) in [6.07, 6.45) is 1.34. The van der Waals surface area contributed by atoms with Crippen LogP contribution >= 0.6 is 12.2 Å². The van der Waals surface area contributed by atoms with E-state index in [2.05, 4.69) is 22.7 Å². The van der Waals surface area contributed by atoms with Gasteiger partial charge >= 0.3 is 0 Å². The summed E-state index contributed by atoms with van der Waals surface area (Å²) in [6, 6.07) is 3.24. The van der Waals surface area contributed by atoms with Crippen molar-refractivity contribution in [1.29, 1.82) is 0 Å². The van der Waals surface area contributed by atoms with Crippen LogP contribution in [0, 0.1) is 0 Å². The molecule has 1 aromatic rings. The first-order valence-electron chi connectivity index (χ1n) is 4.62. The van der Waals surface area contributed by atoms with Gasteiger partial charge in [0.05, 0.1) is 26.0 Å². The van der Waals surface area contributed by atoms with E-state index in [9.17, 15) is 5.11 Å². The Kier molecular flexibility index (Phi) is 4.53. The van der Waals surface area contributed by atoms with Gasteiger partial charge in [-0.1, -0.05) is 0 Å². The van der Waals surface area contributed by atoms with Gasteiger partial charge in [0.25, 0.3) is 0 Å². The van der Waals surface area contributed by atoms with Crippen molar-refractivity contribution < 1.29 is 14.6 Å². The Hall–Kier alpha value is -2.02. The molecular formula is C10H13N3O3S. The van der Waals surface area contributed by atoms with E-state index in [0.29, 0.717) is 17.1 Å². The highest BCUT2D eigenvalue weighted by Gasteiger charge is 2.11. The number of phenolic OH excluding ortho intramolecular Hbond substituents is 1. The minimum Gasteiger partial charge on any atom is -0.504 e. The Morgan fingerprint density at radius 3 is 2.53 bits per heavy atom. The van der Waals surface area contributed by atoms with E-state index in [4.69, 9.17) is 15.2 Å². The highest BCUT2D eigenvalue weighted by atomic mass is 32.1. The predicted molar refractivity (Wildman–Crippen MR) is 68.7 cm³/mol. The normalized spacial score (nSPS) is 10.2. The largest absolute Gasteiger partial charge is 0.504 e. The van der Waals surface area contributed by atoms with Gasteiger partial charge in [-0.05, 0) is 24.4 Å². The van der Waals surface area contributed by atoms with Crippen molar-refractivity contribution in [3.63, 3.8) is 0 Å². The van der Waals surface area contributed by atoms with E-state index in [1.165, 1.54) is 20.4 Å². The molecule has 0 spiro atoms. The molecule has 0 saturated carbocycles. The molecule has 0 bridgehead atoms. The van der Waals surface area contributed by atoms with Gasteiger partial charge in [0, 0.05) is 0 Å². The lowest BCUT2D eigenvalue weighted by atomic mass is 10.2. The number of rotatable bonds is 4. The van der Waals surface area contributed by atoms with Crippen molar-refractivity contribution in [3.8, 4) is 17.2 Å². The van der Waals surface area contributed by atoms with Crippen LogP contribution in [0.2, 0.25) is 0 Å². The Balaban J connectivity index is 3.10. The van der Waals surface area contributed by atoms with Gasteiger partial charge in [-0.2, -0.15) is 5.10 Å². The fraction of sp³-hybridized carbons (Fsp3) is 0.200. The van der Waals surface area contributed by atoms with Crippen LogP contribution in [-0.2, 0) is 0 Å². The standard InChI is InChI=1S/C10H13N3O3S/c1-15-7-3-4-8(16-2)9(14)6(7)5-12-13-10(11)17/h3-5,14H,1-2H3,(H3,11,13,17). The van der Waals surface area contributed by atoms with Crippen molar-refractivity contribution in [3.05, 3.63) is 17.7 Å². The third kappa shape index (κ3) is 3.22. The second kappa shape index (κ2) is 5.90. The monoisotopic (exact) mass is 255 g/mol. The molecule has 1 rings (SSSR count). The number of nitrogens with zero attached hydrogens (tertiary/aromatic N) is 1. The minimum absolute atomic E-state index is 0.0302. The van der Waals surface area contributed by atoms with Gasteiger partial charge in [-0.15, -0.1) is 0 Å². The Labute approximate surface area is 104 Å². The molecule has 0 aliphatic rings. The lowest BCUT2D eigenvalue weighted by molar-refractivity contribution is 0.365. The Morgan fingerprint density at radius 2 is 2.00 bits per heavy atom. The van der Waals surface area contributed by atoms with E-state index in [-0.39, 0.29) is 10.9 Å². The number of nitrogens with one attached hydrogen (secondary N) is 1. The molecule has 0 heterocycles. The summed E-state index contributed by atoms with van der Waals surface area (Å²) in [7, 11) is 2.94. The van der Waals surface area contributed by atoms with Gasteiger partial charge in [-0.25, -0.2) is 0 Å². The number of hydrazone groups is 1. The minimum atomic E-state index is -0.0691. The molecule has 6 nitrogen and oxygen atoms in total. The Bertz CT molecular complexity index is 449. The van der Waals surface area contributed by atoms with Crippen molar-refractivity contribution in [2.45, 2.75) is 0 Å². The van der Waals surface area contributed by atoms with Crippen molar-refractivity contribution >= 4 is 23.5 Å². The van der Waals surface area contributed by atoms with Crippen molar-refractivity contribution in [2.24, 2.45) is 10.8 Å². The number of ether oxygens (including phenoxy) is 2. The molecule has 17 heavy (non-hydrogen) atoms. The first kappa shape index (κ1) is 13.0. The lowest BCUT2D eigenvalue weighted by Gasteiger charge is -2.09. The molecule has 0 amide bonds. The molecule has 7 heteroatoms.